The number of hydrogen-bond donors (Lipinski definition) is 2. The zero-order chi connectivity index (χ0) is 24.4. The van der Waals surface area contributed by atoms with Crippen molar-refractivity contribution in [2.24, 2.45) is 17.8 Å². The first-order chi connectivity index (χ1) is 16.9. The highest BCUT2D eigenvalue weighted by molar-refractivity contribution is 5.89. The van der Waals surface area contributed by atoms with Crippen molar-refractivity contribution in [3.8, 4) is 0 Å². The molecular weight excluding hydrogens is 446 g/mol. The Kier molecular flexibility index (Phi) is 6.84. The first-order valence-corrected chi connectivity index (χ1v) is 13.1. The van der Waals surface area contributed by atoms with Gasteiger partial charge >= 0.3 is 12.0 Å². The van der Waals surface area contributed by atoms with Crippen LogP contribution in [0.25, 0.3) is 0 Å². The van der Waals surface area contributed by atoms with E-state index in [4.69, 9.17) is 4.74 Å². The minimum absolute atomic E-state index is 0.0122. The van der Waals surface area contributed by atoms with E-state index >= 15 is 0 Å². The number of urea groups is 1. The van der Waals surface area contributed by atoms with E-state index < -0.39 is 0 Å². The van der Waals surface area contributed by atoms with Crippen molar-refractivity contribution in [2.75, 3.05) is 44.2 Å². The van der Waals surface area contributed by atoms with E-state index in [0.717, 1.165) is 42.8 Å². The Labute approximate surface area is 207 Å². The van der Waals surface area contributed by atoms with Gasteiger partial charge in [0.15, 0.2) is 0 Å². The van der Waals surface area contributed by atoms with Crippen molar-refractivity contribution in [1.29, 1.82) is 0 Å². The van der Waals surface area contributed by atoms with Gasteiger partial charge in [0.1, 0.15) is 5.82 Å². The Balaban J connectivity index is 1.02. The minimum atomic E-state index is -0.373. The third kappa shape index (κ3) is 5.38. The molecule has 1 aromatic rings. The van der Waals surface area contributed by atoms with Gasteiger partial charge in [-0.1, -0.05) is 0 Å². The highest BCUT2D eigenvalue weighted by Gasteiger charge is 2.51. The number of esters is 1. The number of amides is 3. The van der Waals surface area contributed by atoms with Crippen LogP contribution in [0.4, 0.5) is 10.6 Å². The second kappa shape index (κ2) is 10.0. The number of pyridine rings is 1. The van der Waals surface area contributed by atoms with Crippen LogP contribution in [-0.2, 0) is 9.53 Å². The highest BCUT2D eigenvalue weighted by Crippen LogP contribution is 2.55. The van der Waals surface area contributed by atoms with Gasteiger partial charge in [0.25, 0.3) is 0 Å². The van der Waals surface area contributed by atoms with Crippen molar-refractivity contribution in [3.05, 3.63) is 23.9 Å². The average molecular weight is 484 g/mol. The molecule has 3 amide bonds. The van der Waals surface area contributed by atoms with Crippen LogP contribution in [0.15, 0.2) is 18.3 Å². The third-order valence-electron chi connectivity index (χ3n) is 8.26. The molecule has 1 aromatic heterocycles. The minimum Gasteiger partial charge on any atom is -0.462 e. The van der Waals surface area contributed by atoms with Gasteiger partial charge in [-0.25, -0.2) is 14.6 Å². The Hall–Kier alpha value is -2.84. The summed E-state index contributed by atoms with van der Waals surface area (Å²) >= 11 is 0. The zero-order valence-electron chi connectivity index (χ0n) is 20.6. The molecule has 0 atom stereocenters. The fourth-order valence-electron chi connectivity index (χ4n) is 7.08. The standard InChI is InChI=1S/C26H37N5O4/c1-2-35-24(33)21-3-4-22(28-17-21)30-7-9-31(10-8-30)23(32)5-6-27-25(34)29-26-14-18-11-19(15-26)13-20(12-18)16-26/h3-4,17-20H,2,5-16H2,1H3,(H2,27,29,34). The molecule has 4 saturated carbocycles. The van der Waals surface area contributed by atoms with Gasteiger partial charge in [-0.15, -0.1) is 0 Å². The van der Waals surface area contributed by atoms with Gasteiger partial charge in [-0.2, -0.15) is 0 Å². The van der Waals surface area contributed by atoms with Crippen LogP contribution >= 0.6 is 0 Å². The first kappa shape index (κ1) is 23.9. The fraction of sp³-hybridized carbons (Fsp3) is 0.692. The van der Waals surface area contributed by atoms with Crippen molar-refractivity contribution in [2.45, 2.75) is 57.4 Å². The summed E-state index contributed by atoms with van der Waals surface area (Å²) < 4.78 is 5.00. The Morgan fingerprint density at radius 3 is 2.26 bits per heavy atom. The number of piperazine rings is 1. The van der Waals surface area contributed by atoms with Gasteiger partial charge in [0, 0.05) is 50.9 Å². The molecule has 1 saturated heterocycles. The van der Waals surface area contributed by atoms with Crippen molar-refractivity contribution < 1.29 is 19.1 Å². The van der Waals surface area contributed by atoms with Crippen LogP contribution in [-0.4, -0.2) is 72.7 Å². The van der Waals surface area contributed by atoms with Crippen LogP contribution in [0.3, 0.4) is 0 Å². The molecule has 2 N–H and O–H groups in total. The van der Waals surface area contributed by atoms with Gasteiger partial charge in [-0.3, -0.25) is 4.79 Å². The van der Waals surface area contributed by atoms with Gasteiger partial charge < -0.3 is 25.2 Å². The molecule has 2 heterocycles. The number of aromatic nitrogens is 1. The van der Waals surface area contributed by atoms with Crippen LogP contribution in [0.2, 0.25) is 0 Å². The van der Waals surface area contributed by atoms with E-state index in [9.17, 15) is 14.4 Å². The van der Waals surface area contributed by atoms with E-state index in [2.05, 4.69) is 20.5 Å². The number of carbonyl (C=O) groups excluding carboxylic acids is 3. The average Bonchev–Trinajstić information content (AvgIpc) is 2.83. The SMILES string of the molecule is CCOC(=O)c1ccc(N2CCN(C(=O)CCNC(=O)NC34CC5CC(CC(C5)C3)C4)CC2)nc1. The molecule has 0 unspecified atom stereocenters. The molecule has 5 aliphatic rings. The van der Waals surface area contributed by atoms with E-state index in [1.807, 2.05) is 11.0 Å². The summed E-state index contributed by atoms with van der Waals surface area (Å²) in [5.41, 5.74) is 0.422. The van der Waals surface area contributed by atoms with Crippen molar-refractivity contribution in [3.63, 3.8) is 0 Å². The molecule has 35 heavy (non-hydrogen) atoms. The van der Waals surface area contributed by atoms with E-state index in [-0.39, 0.29) is 23.4 Å². The zero-order valence-corrected chi connectivity index (χ0v) is 20.6. The summed E-state index contributed by atoms with van der Waals surface area (Å²) in [5, 5.41) is 6.23. The van der Waals surface area contributed by atoms with E-state index in [1.54, 1.807) is 13.0 Å². The third-order valence-corrected chi connectivity index (χ3v) is 8.26. The van der Waals surface area contributed by atoms with Gasteiger partial charge in [-0.05, 0) is 75.3 Å². The maximum atomic E-state index is 12.7. The van der Waals surface area contributed by atoms with Crippen LogP contribution < -0.4 is 15.5 Å². The fourth-order valence-corrected chi connectivity index (χ4v) is 7.08. The second-order valence-electron chi connectivity index (χ2n) is 10.8. The molecule has 4 bridgehead atoms. The number of carbonyl (C=O) groups is 3. The number of anilines is 1. The molecule has 9 nitrogen and oxygen atoms in total. The number of nitrogens with one attached hydrogen (secondary N) is 2. The van der Waals surface area contributed by atoms with Crippen LogP contribution in [0.5, 0.6) is 0 Å². The lowest BCUT2D eigenvalue weighted by molar-refractivity contribution is -0.131. The number of rotatable bonds is 7. The molecule has 190 valence electrons. The molecule has 0 aromatic carbocycles. The second-order valence-corrected chi connectivity index (χ2v) is 10.8. The monoisotopic (exact) mass is 483 g/mol. The molecule has 4 aliphatic carbocycles. The van der Waals surface area contributed by atoms with E-state index in [0.29, 0.717) is 51.3 Å². The Bertz CT molecular complexity index is 906. The summed E-state index contributed by atoms with van der Waals surface area (Å²) in [5.74, 6) is 2.83. The predicted octanol–water partition coefficient (Wildman–Crippen LogP) is 2.57. The van der Waals surface area contributed by atoms with Gasteiger partial charge in [0.2, 0.25) is 5.91 Å². The van der Waals surface area contributed by atoms with Crippen molar-refractivity contribution in [1.82, 2.24) is 20.5 Å². The van der Waals surface area contributed by atoms with Crippen LogP contribution in [0.1, 0.15) is 62.2 Å². The van der Waals surface area contributed by atoms with Crippen molar-refractivity contribution >= 4 is 23.7 Å². The number of ether oxygens (including phenoxy) is 1. The molecule has 5 fully saturated rings. The highest BCUT2D eigenvalue weighted by atomic mass is 16.5. The molecule has 6 rings (SSSR count). The summed E-state index contributed by atoms with van der Waals surface area (Å²) in [7, 11) is 0. The molecule has 1 aliphatic heterocycles. The Morgan fingerprint density at radius 2 is 1.69 bits per heavy atom. The van der Waals surface area contributed by atoms with E-state index in [1.165, 1.54) is 25.5 Å². The largest absolute Gasteiger partial charge is 0.462 e. The summed E-state index contributed by atoms with van der Waals surface area (Å²) in [6.07, 6.45) is 9.24. The molecule has 0 spiro atoms. The lowest BCUT2D eigenvalue weighted by Gasteiger charge is -2.56. The van der Waals surface area contributed by atoms with Crippen LogP contribution in [0, 0.1) is 17.8 Å². The lowest BCUT2D eigenvalue weighted by Crippen LogP contribution is -2.61. The quantitative estimate of drug-likeness (QED) is 0.578. The smallest absolute Gasteiger partial charge is 0.339 e. The predicted molar refractivity (Wildman–Crippen MR) is 131 cm³/mol. The lowest BCUT2D eigenvalue weighted by atomic mass is 9.53. The summed E-state index contributed by atoms with van der Waals surface area (Å²) in [6, 6.07) is 3.41. The molecule has 9 heteroatoms. The normalized spacial score (nSPS) is 29.1. The number of hydrogen-bond acceptors (Lipinski definition) is 6. The van der Waals surface area contributed by atoms with Gasteiger partial charge in [0.05, 0.1) is 12.2 Å². The maximum absolute atomic E-state index is 12.7. The molecular formula is C26H37N5O4. The molecule has 0 radical (unpaired) electrons. The Morgan fingerprint density at radius 1 is 1.03 bits per heavy atom. The summed E-state index contributed by atoms with van der Waals surface area (Å²) in [4.78, 5) is 45.4. The number of nitrogens with zero attached hydrogens (tertiary/aromatic N) is 3. The first-order valence-electron chi connectivity index (χ1n) is 13.1. The summed E-state index contributed by atoms with van der Waals surface area (Å²) in [6.45, 7) is 5.04. The maximum Gasteiger partial charge on any atom is 0.339 e. The topological polar surface area (TPSA) is 104 Å².